The molecule has 5 heterocycles. The molecule has 5 aromatic heterocycles. The van der Waals surface area contributed by atoms with E-state index in [0.717, 1.165) is 67.2 Å². The van der Waals surface area contributed by atoms with Gasteiger partial charge in [-0.1, -0.05) is 112 Å². The largest absolute Gasteiger partial charge is 0.458 e. The van der Waals surface area contributed by atoms with Crippen molar-refractivity contribution in [3.63, 3.8) is 0 Å². The molecule has 0 fully saturated rings. The van der Waals surface area contributed by atoms with Gasteiger partial charge in [0.25, 0.3) is 0 Å². The van der Waals surface area contributed by atoms with Gasteiger partial charge in [0.05, 0.1) is 51.4 Å². The SMILES string of the molecule is Cn1[c-][n+](-c2cccc(Oc3ccc4c5c6c7ccccc7n(C)c6c6c7ccccc7n(-c7ccccc7)c6c5n(-c5cc(C(C)(C)C)ccn5)c4c3)c2)c2ccccc21. The molecule has 0 bridgehead atoms. The topological polar surface area (TPSA) is 45.7 Å². The number of aryl methyl sites for hydroxylation is 2. The Bertz CT molecular complexity index is 3740. The van der Waals surface area contributed by atoms with Gasteiger partial charge in [0, 0.05) is 62.8 Å². The molecule has 7 heteroatoms. The highest BCUT2D eigenvalue weighted by atomic mass is 16.5. The number of hydrogen-bond donors (Lipinski definition) is 0. The first-order valence-electron chi connectivity index (χ1n) is 20.8. The molecule has 0 aliphatic heterocycles. The molecule has 0 N–H and O–H groups in total. The van der Waals surface area contributed by atoms with Crippen LogP contribution >= 0.6 is 0 Å². The zero-order valence-corrected chi connectivity index (χ0v) is 34.7. The lowest BCUT2D eigenvalue weighted by Gasteiger charge is -2.20. The molecule has 0 aliphatic rings. The smallest absolute Gasteiger partial charge is 0.244 e. The molecule has 0 atom stereocenters. The summed E-state index contributed by atoms with van der Waals surface area (Å²) in [5.74, 6) is 2.34. The molecular formula is C54H42N6O. The highest BCUT2D eigenvalue weighted by molar-refractivity contribution is 6.40. The normalized spacial score (nSPS) is 12.3. The van der Waals surface area contributed by atoms with Gasteiger partial charge in [0.1, 0.15) is 17.3 Å². The van der Waals surface area contributed by atoms with Crippen LogP contribution in [0, 0.1) is 6.33 Å². The third-order valence-corrected chi connectivity index (χ3v) is 12.5. The van der Waals surface area contributed by atoms with E-state index in [2.05, 4.69) is 198 Å². The summed E-state index contributed by atoms with van der Waals surface area (Å²) in [7, 11) is 4.24. The van der Waals surface area contributed by atoms with Crippen molar-refractivity contribution in [2.45, 2.75) is 26.2 Å². The number of fused-ring (bicyclic) bond motifs is 13. The van der Waals surface area contributed by atoms with Crippen molar-refractivity contribution in [3.8, 4) is 28.7 Å². The van der Waals surface area contributed by atoms with Crippen LogP contribution in [0.15, 0.2) is 164 Å². The Morgan fingerprint density at radius 3 is 2.00 bits per heavy atom. The molecule has 0 saturated carbocycles. The standard InChI is InChI=1S/C54H42N6O/c1-54(2,3)34-28-29-55-47(30-34)60-46-32-38(61-37-19-15-18-36(31-37)58-33-56(4)44-24-13-14-25-45(44)58)26-27-41(46)49-48-39-20-9-11-22-42(39)57(5)51(48)50-40-21-10-12-23-43(40)59(53(50)52(49)60)35-16-7-6-8-17-35/h6-32H,1-5H3. The van der Waals surface area contributed by atoms with E-state index < -0.39 is 0 Å². The summed E-state index contributed by atoms with van der Waals surface area (Å²) in [5, 5.41) is 7.20. The van der Waals surface area contributed by atoms with Crippen LogP contribution in [0.3, 0.4) is 0 Å². The number of ether oxygens (including phenoxy) is 1. The lowest BCUT2D eigenvalue weighted by molar-refractivity contribution is -0.572. The van der Waals surface area contributed by atoms with Crippen LogP contribution in [0.4, 0.5) is 0 Å². The number of aromatic nitrogens is 6. The van der Waals surface area contributed by atoms with E-state index in [0.29, 0.717) is 0 Å². The maximum Gasteiger partial charge on any atom is 0.244 e. The Morgan fingerprint density at radius 1 is 0.541 bits per heavy atom. The Balaban J connectivity index is 1.21. The average Bonchev–Trinajstić information content (AvgIpc) is 4.00. The quantitative estimate of drug-likeness (QED) is 0.129. The summed E-state index contributed by atoms with van der Waals surface area (Å²) < 4.78 is 18.2. The molecule has 61 heavy (non-hydrogen) atoms. The van der Waals surface area contributed by atoms with Crippen LogP contribution in [-0.4, -0.2) is 23.3 Å². The average molecular weight is 791 g/mol. The van der Waals surface area contributed by atoms with Crippen molar-refractivity contribution in [1.29, 1.82) is 0 Å². The fourth-order valence-electron chi connectivity index (χ4n) is 9.76. The molecule has 0 saturated heterocycles. The summed E-state index contributed by atoms with van der Waals surface area (Å²) in [6.45, 7) is 6.78. The van der Waals surface area contributed by atoms with Crippen molar-refractivity contribution >= 4 is 76.5 Å². The second-order valence-corrected chi connectivity index (χ2v) is 17.2. The third-order valence-electron chi connectivity index (χ3n) is 12.5. The van der Waals surface area contributed by atoms with Crippen LogP contribution in [0.2, 0.25) is 0 Å². The van der Waals surface area contributed by atoms with E-state index in [1.165, 1.54) is 43.5 Å². The predicted molar refractivity (Wildman–Crippen MR) is 249 cm³/mol. The van der Waals surface area contributed by atoms with Crippen molar-refractivity contribution in [2.75, 3.05) is 0 Å². The van der Waals surface area contributed by atoms with Crippen LogP contribution < -0.4 is 9.30 Å². The fourth-order valence-corrected chi connectivity index (χ4v) is 9.76. The molecule has 7 nitrogen and oxygen atoms in total. The van der Waals surface area contributed by atoms with E-state index in [1.54, 1.807) is 0 Å². The molecule has 0 aliphatic carbocycles. The molecule has 12 rings (SSSR count). The molecule has 12 aromatic rings. The molecule has 0 radical (unpaired) electrons. The number of hydrogen-bond acceptors (Lipinski definition) is 2. The third kappa shape index (κ3) is 5.16. The predicted octanol–water partition coefficient (Wildman–Crippen LogP) is 12.6. The first kappa shape index (κ1) is 35.3. The number of para-hydroxylation sites is 5. The van der Waals surface area contributed by atoms with Crippen LogP contribution in [0.25, 0.3) is 93.6 Å². The van der Waals surface area contributed by atoms with E-state index in [-0.39, 0.29) is 5.41 Å². The van der Waals surface area contributed by atoms with Crippen LogP contribution in [-0.2, 0) is 19.5 Å². The Morgan fingerprint density at radius 2 is 1.20 bits per heavy atom. The summed E-state index contributed by atoms with van der Waals surface area (Å²) in [6, 6.07) is 56.0. The van der Waals surface area contributed by atoms with Gasteiger partial charge in [-0.25, -0.2) is 4.98 Å². The van der Waals surface area contributed by atoms with Crippen LogP contribution in [0.5, 0.6) is 11.5 Å². The molecule has 0 amide bonds. The van der Waals surface area contributed by atoms with Gasteiger partial charge in [-0.15, -0.1) is 0 Å². The lowest BCUT2D eigenvalue weighted by atomic mass is 9.88. The van der Waals surface area contributed by atoms with Crippen LogP contribution in [0.1, 0.15) is 26.3 Å². The van der Waals surface area contributed by atoms with Gasteiger partial charge >= 0.3 is 0 Å². The van der Waals surface area contributed by atoms with E-state index in [4.69, 9.17) is 9.72 Å². The Labute approximate surface area is 352 Å². The highest BCUT2D eigenvalue weighted by Crippen LogP contribution is 2.49. The monoisotopic (exact) mass is 790 g/mol. The Hall–Kier alpha value is -7.64. The number of imidazole rings is 1. The molecule has 0 spiro atoms. The van der Waals surface area contributed by atoms with Gasteiger partial charge in [-0.2, -0.15) is 0 Å². The number of pyridine rings is 1. The van der Waals surface area contributed by atoms with E-state index >= 15 is 0 Å². The lowest BCUT2D eigenvalue weighted by Crippen LogP contribution is -2.29. The number of rotatable bonds is 5. The van der Waals surface area contributed by atoms with E-state index in [9.17, 15) is 0 Å². The van der Waals surface area contributed by atoms with Gasteiger partial charge < -0.3 is 23.0 Å². The highest BCUT2D eigenvalue weighted by Gasteiger charge is 2.29. The van der Waals surface area contributed by atoms with Gasteiger partial charge in [-0.3, -0.25) is 4.57 Å². The maximum absolute atomic E-state index is 6.85. The summed E-state index contributed by atoms with van der Waals surface area (Å²) in [4.78, 5) is 5.19. The van der Waals surface area contributed by atoms with Crippen molar-refractivity contribution in [2.24, 2.45) is 14.1 Å². The summed E-state index contributed by atoms with van der Waals surface area (Å²) >= 11 is 0. The summed E-state index contributed by atoms with van der Waals surface area (Å²) in [6.07, 6.45) is 5.43. The second-order valence-electron chi connectivity index (χ2n) is 17.2. The maximum atomic E-state index is 6.85. The summed E-state index contributed by atoms with van der Waals surface area (Å²) in [5.41, 5.74) is 12.2. The number of benzene rings is 7. The first-order valence-corrected chi connectivity index (χ1v) is 20.8. The minimum atomic E-state index is -0.0909. The molecule has 294 valence electrons. The van der Waals surface area contributed by atoms with Crippen molar-refractivity contribution < 1.29 is 9.30 Å². The van der Waals surface area contributed by atoms with Crippen molar-refractivity contribution in [1.82, 2.24) is 23.3 Å². The first-order chi connectivity index (χ1) is 29.7. The van der Waals surface area contributed by atoms with E-state index in [1.807, 2.05) is 29.9 Å². The van der Waals surface area contributed by atoms with Gasteiger partial charge in [0.2, 0.25) is 6.33 Å². The van der Waals surface area contributed by atoms with Gasteiger partial charge in [-0.05, 0) is 71.6 Å². The molecule has 0 unspecified atom stereocenters. The Kier molecular flexibility index (Phi) is 7.49. The molecular weight excluding hydrogens is 749 g/mol. The van der Waals surface area contributed by atoms with Gasteiger partial charge in [0.15, 0.2) is 0 Å². The van der Waals surface area contributed by atoms with Crippen molar-refractivity contribution in [3.05, 3.63) is 176 Å². The molecule has 7 aromatic carbocycles. The fraction of sp³-hybridized carbons (Fsp3) is 0.111. The zero-order chi connectivity index (χ0) is 41.1. The minimum Gasteiger partial charge on any atom is -0.458 e. The second kappa shape index (κ2) is 12.9. The zero-order valence-electron chi connectivity index (χ0n) is 34.7. The minimum absolute atomic E-state index is 0.0909. The number of nitrogens with zero attached hydrogens (tertiary/aromatic N) is 6.